The summed E-state index contributed by atoms with van der Waals surface area (Å²) in [4.78, 5) is 0. The third kappa shape index (κ3) is 3.81. The zero-order valence-corrected chi connectivity index (χ0v) is 13.1. The number of methoxy groups -OCH3 is 1. The normalized spacial score (nSPS) is 12.2. The Morgan fingerprint density at radius 3 is 2.50 bits per heavy atom. The molecule has 0 saturated heterocycles. The Bertz CT molecular complexity index is 571. The molecule has 2 nitrogen and oxygen atoms in total. The molecule has 1 N–H and O–H groups in total. The molecule has 0 aromatic heterocycles. The maximum Gasteiger partial charge on any atom is 0.128 e. The molecule has 2 aromatic carbocycles. The number of hydrogen-bond acceptors (Lipinski definition) is 2. The highest BCUT2D eigenvalue weighted by Gasteiger charge is 2.07. The molecule has 0 amide bonds. The summed E-state index contributed by atoms with van der Waals surface area (Å²) in [5, 5.41) is 3.32. The van der Waals surface area contributed by atoms with E-state index in [-0.39, 0.29) is 11.9 Å². The van der Waals surface area contributed by atoms with Crippen molar-refractivity contribution in [2.24, 2.45) is 0 Å². The first-order valence-corrected chi connectivity index (χ1v) is 7.20. The Labute approximate surface area is 127 Å². The Morgan fingerprint density at radius 1 is 1.20 bits per heavy atom. The number of hydrogen-bond donors (Lipinski definition) is 1. The van der Waals surface area contributed by atoms with Crippen LogP contribution >= 0.6 is 15.9 Å². The Kier molecular flexibility index (Phi) is 5.15. The van der Waals surface area contributed by atoms with E-state index in [1.165, 1.54) is 6.07 Å². The van der Waals surface area contributed by atoms with E-state index in [1.54, 1.807) is 13.2 Å². The van der Waals surface area contributed by atoms with Gasteiger partial charge in [-0.15, -0.1) is 0 Å². The van der Waals surface area contributed by atoms with Crippen molar-refractivity contribution in [1.29, 1.82) is 0 Å². The van der Waals surface area contributed by atoms with E-state index in [1.807, 2.05) is 30.3 Å². The molecule has 2 rings (SSSR count). The van der Waals surface area contributed by atoms with Gasteiger partial charge < -0.3 is 10.1 Å². The van der Waals surface area contributed by atoms with Gasteiger partial charge in [-0.05, 0) is 36.8 Å². The minimum atomic E-state index is -0.200. The zero-order chi connectivity index (χ0) is 14.5. The van der Waals surface area contributed by atoms with Gasteiger partial charge >= 0.3 is 0 Å². The third-order valence-electron chi connectivity index (χ3n) is 3.23. The van der Waals surface area contributed by atoms with Gasteiger partial charge in [-0.25, -0.2) is 4.39 Å². The topological polar surface area (TPSA) is 21.3 Å². The second-order valence-electron chi connectivity index (χ2n) is 4.61. The van der Waals surface area contributed by atoms with Crippen molar-refractivity contribution >= 4 is 15.9 Å². The van der Waals surface area contributed by atoms with Gasteiger partial charge in [-0.3, -0.25) is 0 Å². The average Bonchev–Trinajstić information content (AvgIpc) is 2.46. The van der Waals surface area contributed by atoms with Crippen LogP contribution in [-0.2, 0) is 6.54 Å². The van der Waals surface area contributed by atoms with Crippen LogP contribution in [0.2, 0.25) is 0 Å². The largest absolute Gasteiger partial charge is 0.497 e. The molecule has 0 radical (unpaired) electrons. The Hall–Kier alpha value is -1.39. The first-order chi connectivity index (χ1) is 9.60. The van der Waals surface area contributed by atoms with Crippen LogP contribution in [0.3, 0.4) is 0 Å². The lowest BCUT2D eigenvalue weighted by Gasteiger charge is -2.15. The Morgan fingerprint density at radius 2 is 1.90 bits per heavy atom. The lowest BCUT2D eigenvalue weighted by atomic mass is 10.1. The van der Waals surface area contributed by atoms with Crippen LogP contribution in [0.15, 0.2) is 46.9 Å². The van der Waals surface area contributed by atoms with Gasteiger partial charge in [-0.1, -0.05) is 34.1 Å². The highest BCUT2D eigenvalue weighted by atomic mass is 79.9. The lowest BCUT2D eigenvalue weighted by molar-refractivity contribution is 0.414. The zero-order valence-electron chi connectivity index (χ0n) is 11.5. The minimum Gasteiger partial charge on any atom is -0.497 e. The number of rotatable bonds is 5. The first kappa shape index (κ1) is 15.0. The maximum absolute atomic E-state index is 13.7. The summed E-state index contributed by atoms with van der Waals surface area (Å²) in [7, 11) is 1.65. The van der Waals surface area contributed by atoms with Crippen molar-refractivity contribution in [2.75, 3.05) is 7.11 Å². The highest BCUT2D eigenvalue weighted by molar-refractivity contribution is 9.10. The molecule has 0 aliphatic carbocycles. The van der Waals surface area contributed by atoms with Crippen LogP contribution in [0.1, 0.15) is 24.1 Å². The molecular formula is C16H17BrFNO. The van der Waals surface area contributed by atoms with Crippen molar-refractivity contribution in [2.45, 2.75) is 19.5 Å². The SMILES string of the molecule is COc1ccc([C@@H](C)NCc2ccc(Br)cc2F)cc1. The van der Waals surface area contributed by atoms with E-state index >= 15 is 0 Å². The number of benzene rings is 2. The molecule has 0 heterocycles. The van der Waals surface area contributed by atoms with Crippen LogP contribution in [0.4, 0.5) is 4.39 Å². The fourth-order valence-corrected chi connectivity index (χ4v) is 2.27. The van der Waals surface area contributed by atoms with E-state index < -0.39 is 0 Å². The van der Waals surface area contributed by atoms with Gasteiger partial charge in [0.05, 0.1) is 7.11 Å². The monoisotopic (exact) mass is 337 g/mol. The molecule has 0 spiro atoms. The summed E-state index contributed by atoms with van der Waals surface area (Å²) < 4.78 is 19.6. The molecule has 0 bridgehead atoms. The molecule has 20 heavy (non-hydrogen) atoms. The highest BCUT2D eigenvalue weighted by Crippen LogP contribution is 2.19. The molecule has 0 fully saturated rings. The van der Waals surface area contributed by atoms with Crippen LogP contribution in [0, 0.1) is 5.82 Å². The standard InChI is InChI=1S/C16H17BrFNO/c1-11(12-4-7-15(20-2)8-5-12)19-10-13-3-6-14(17)9-16(13)18/h3-9,11,19H,10H2,1-2H3/t11-/m1/s1. The predicted octanol–water partition coefficient (Wildman–Crippen LogP) is 4.45. The average molecular weight is 338 g/mol. The number of ether oxygens (including phenoxy) is 1. The molecular weight excluding hydrogens is 321 g/mol. The van der Waals surface area contributed by atoms with E-state index in [2.05, 4.69) is 28.2 Å². The molecule has 106 valence electrons. The summed E-state index contributed by atoms with van der Waals surface area (Å²) in [6.07, 6.45) is 0. The second kappa shape index (κ2) is 6.86. The Balaban J connectivity index is 1.98. The van der Waals surface area contributed by atoms with Crippen LogP contribution in [0.25, 0.3) is 0 Å². The van der Waals surface area contributed by atoms with Crippen molar-refractivity contribution in [1.82, 2.24) is 5.32 Å². The fourth-order valence-electron chi connectivity index (χ4n) is 1.94. The van der Waals surface area contributed by atoms with E-state index in [0.29, 0.717) is 12.1 Å². The third-order valence-corrected chi connectivity index (χ3v) is 3.72. The first-order valence-electron chi connectivity index (χ1n) is 6.41. The maximum atomic E-state index is 13.7. The summed E-state index contributed by atoms with van der Waals surface area (Å²) in [6.45, 7) is 2.55. The van der Waals surface area contributed by atoms with E-state index in [0.717, 1.165) is 15.8 Å². The van der Waals surface area contributed by atoms with Gasteiger partial charge in [0.1, 0.15) is 11.6 Å². The molecule has 0 saturated carbocycles. The molecule has 0 aliphatic rings. The van der Waals surface area contributed by atoms with Crippen molar-refractivity contribution < 1.29 is 9.13 Å². The van der Waals surface area contributed by atoms with Crippen molar-refractivity contribution in [3.63, 3.8) is 0 Å². The van der Waals surface area contributed by atoms with Gasteiger partial charge in [0.2, 0.25) is 0 Å². The van der Waals surface area contributed by atoms with Gasteiger partial charge in [-0.2, -0.15) is 0 Å². The molecule has 2 aromatic rings. The summed E-state index contributed by atoms with van der Waals surface area (Å²) in [5.41, 5.74) is 1.80. The summed E-state index contributed by atoms with van der Waals surface area (Å²) >= 11 is 3.25. The smallest absolute Gasteiger partial charge is 0.128 e. The quantitative estimate of drug-likeness (QED) is 0.870. The number of halogens is 2. The lowest BCUT2D eigenvalue weighted by Crippen LogP contribution is -2.18. The summed E-state index contributed by atoms with van der Waals surface area (Å²) in [5.74, 6) is 0.633. The molecule has 1 atom stereocenters. The summed E-state index contributed by atoms with van der Waals surface area (Å²) in [6, 6.07) is 13.1. The van der Waals surface area contributed by atoms with Crippen LogP contribution < -0.4 is 10.1 Å². The van der Waals surface area contributed by atoms with Crippen LogP contribution in [0.5, 0.6) is 5.75 Å². The van der Waals surface area contributed by atoms with Gasteiger partial charge in [0, 0.05) is 22.6 Å². The van der Waals surface area contributed by atoms with Crippen molar-refractivity contribution in [3.8, 4) is 5.75 Å². The molecule has 0 unspecified atom stereocenters. The van der Waals surface area contributed by atoms with Gasteiger partial charge in [0.15, 0.2) is 0 Å². The van der Waals surface area contributed by atoms with Crippen molar-refractivity contribution in [3.05, 3.63) is 63.9 Å². The predicted molar refractivity (Wildman–Crippen MR) is 82.3 cm³/mol. The second-order valence-corrected chi connectivity index (χ2v) is 5.53. The van der Waals surface area contributed by atoms with Gasteiger partial charge in [0.25, 0.3) is 0 Å². The molecule has 4 heteroatoms. The van der Waals surface area contributed by atoms with E-state index in [9.17, 15) is 4.39 Å². The fraction of sp³-hybridized carbons (Fsp3) is 0.250. The van der Waals surface area contributed by atoms with Crippen LogP contribution in [-0.4, -0.2) is 7.11 Å². The minimum absolute atomic E-state index is 0.143. The molecule has 0 aliphatic heterocycles. The number of nitrogens with one attached hydrogen (secondary N) is 1. The van der Waals surface area contributed by atoms with E-state index in [4.69, 9.17) is 4.74 Å².